The average molecular weight is 472 g/mol. The quantitative estimate of drug-likeness (QED) is 0.604. The number of amides is 1. The molecule has 0 bridgehead atoms. The summed E-state index contributed by atoms with van der Waals surface area (Å²) in [5.41, 5.74) is 1.73. The fourth-order valence-electron chi connectivity index (χ4n) is 4.09. The summed E-state index contributed by atoms with van der Waals surface area (Å²) in [6, 6.07) is 18.1. The van der Waals surface area contributed by atoms with Crippen molar-refractivity contribution in [1.82, 2.24) is 5.32 Å². The monoisotopic (exact) mass is 471 g/mol. The molecule has 9 nitrogen and oxygen atoms in total. The van der Waals surface area contributed by atoms with Crippen LogP contribution in [0.5, 0.6) is 0 Å². The number of carbonyl (C=O) groups is 2. The van der Waals surface area contributed by atoms with E-state index in [1.807, 2.05) is 60.7 Å². The van der Waals surface area contributed by atoms with Gasteiger partial charge in [0, 0.05) is 12.5 Å². The van der Waals surface area contributed by atoms with Crippen LogP contribution in [0.3, 0.4) is 0 Å². The molecule has 2 aliphatic rings. The lowest BCUT2D eigenvalue weighted by Crippen LogP contribution is -2.67. The van der Waals surface area contributed by atoms with E-state index in [1.54, 1.807) is 0 Å². The number of rotatable bonds is 8. The van der Waals surface area contributed by atoms with Gasteiger partial charge in [0.1, 0.15) is 24.4 Å². The maximum Gasteiger partial charge on any atom is 0.332 e. The van der Waals surface area contributed by atoms with E-state index in [9.17, 15) is 14.7 Å². The number of nitrogens with one attached hydrogen (secondary N) is 1. The van der Waals surface area contributed by atoms with Crippen molar-refractivity contribution in [3.8, 4) is 0 Å². The van der Waals surface area contributed by atoms with Crippen molar-refractivity contribution in [1.29, 1.82) is 0 Å². The van der Waals surface area contributed by atoms with Gasteiger partial charge in [-0.25, -0.2) is 4.79 Å². The minimum absolute atomic E-state index is 0.184. The highest BCUT2D eigenvalue weighted by atomic mass is 16.8. The molecule has 2 aromatic carbocycles. The van der Waals surface area contributed by atoms with Gasteiger partial charge < -0.3 is 34.1 Å². The Labute approximate surface area is 197 Å². The molecule has 0 saturated carbocycles. The van der Waals surface area contributed by atoms with Crippen molar-refractivity contribution < 1.29 is 38.4 Å². The van der Waals surface area contributed by atoms with Crippen molar-refractivity contribution >= 4 is 11.9 Å². The topological polar surface area (TPSA) is 113 Å². The zero-order chi connectivity index (χ0) is 24.1. The molecule has 2 aromatic rings. The molecule has 7 atom stereocenters. The van der Waals surface area contributed by atoms with E-state index in [4.69, 9.17) is 23.7 Å². The molecule has 2 fully saturated rings. The Bertz CT molecular complexity index is 956. The van der Waals surface area contributed by atoms with E-state index >= 15 is 0 Å². The molecule has 34 heavy (non-hydrogen) atoms. The average Bonchev–Trinajstić information content (AvgIpc) is 2.84. The van der Waals surface area contributed by atoms with Gasteiger partial charge in [-0.2, -0.15) is 0 Å². The SMILES string of the molecule is CC(=O)N[C@H]1[C@@H](OCc2ccccc2)O[C@@H]2CO[C@H](c3ccccc3)O[C@H]2[C@@H]1O[C@@H](C)C(=O)O. The predicted octanol–water partition coefficient (Wildman–Crippen LogP) is 2.41. The van der Waals surface area contributed by atoms with Crippen LogP contribution < -0.4 is 5.32 Å². The number of carboxylic acids is 1. The van der Waals surface area contributed by atoms with Gasteiger partial charge >= 0.3 is 5.97 Å². The predicted molar refractivity (Wildman–Crippen MR) is 119 cm³/mol. The van der Waals surface area contributed by atoms with Gasteiger partial charge in [0.25, 0.3) is 0 Å². The van der Waals surface area contributed by atoms with Crippen molar-refractivity contribution in [2.24, 2.45) is 0 Å². The number of benzene rings is 2. The summed E-state index contributed by atoms with van der Waals surface area (Å²) in [5, 5.41) is 12.3. The Morgan fingerprint density at radius 3 is 2.41 bits per heavy atom. The van der Waals surface area contributed by atoms with E-state index in [2.05, 4.69) is 5.32 Å². The molecule has 4 rings (SSSR count). The second-order valence-electron chi connectivity index (χ2n) is 8.32. The van der Waals surface area contributed by atoms with Crippen LogP contribution in [0, 0.1) is 0 Å². The van der Waals surface area contributed by atoms with Gasteiger partial charge in [0.2, 0.25) is 5.91 Å². The van der Waals surface area contributed by atoms with Crippen LogP contribution in [0.4, 0.5) is 0 Å². The van der Waals surface area contributed by atoms with Crippen LogP contribution in [0.15, 0.2) is 60.7 Å². The summed E-state index contributed by atoms with van der Waals surface area (Å²) in [7, 11) is 0. The first-order valence-corrected chi connectivity index (χ1v) is 11.2. The molecule has 0 spiro atoms. The first kappa shape index (κ1) is 24.3. The summed E-state index contributed by atoms with van der Waals surface area (Å²) >= 11 is 0. The number of ether oxygens (including phenoxy) is 5. The fourth-order valence-corrected chi connectivity index (χ4v) is 4.09. The molecule has 2 aliphatic heterocycles. The molecule has 0 unspecified atom stereocenters. The Morgan fingerprint density at radius 1 is 1.09 bits per heavy atom. The van der Waals surface area contributed by atoms with Crippen molar-refractivity contribution in [2.45, 2.75) is 63.5 Å². The van der Waals surface area contributed by atoms with Crippen molar-refractivity contribution in [3.63, 3.8) is 0 Å². The second kappa shape index (κ2) is 11.1. The number of fused-ring (bicyclic) bond motifs is 1. The molecule has 0 aliphatic carbocycles. The molecular formula is C25H29NO8. The molecule has 0 aromatic heterocycles. The molecule has 2 heterocycles. The lowest BCUT2D eigenvalue weighted by atomic mass is 9.95. The van der Waals surface area contributed by atoms with Gasteiger partial charge in [0.05, 0.1) is 13.2 Å². The lowest BCUT2D eigenvalue weighted by molar-refractivity contribution is -0.351. The second-order valence-corrected chi connectivity index (χ2v) is 8.32. The van der Waals surface area contributed by atoms with Gasteiger partial charge in [-0.15, -0.1) is 0 Å². The zero-order valence-electron chi connectivity index (χ0n) is 19.0. The van der Waals surface area contributed by atoms with Crippen molar-refractivity contribution in [2.75, 3.05) is 6.61 Å². The molecule has 0 radical (unpaired) electrons. The normalized spacial score (nSPS) is 29.6. The highest BCUT2D eigenvalue weighted by Gasteiger charge is 2.52. The Morgan fingerprint density at radius 2 is 1.76 bits per heavy atom. The largest absolute Gasteiger partial charge is 0.479 e. The van der Waals surface area contributed by atoms with Gasteiger partial charge in [0.15, 0.2) is 18.7 Å². The molecule has 2 saturated heterocycles. The number of hydrogen-bond acceptors (Lipinski definition) is 7. The standard InChI is InChI=1S/C25H29NO8/c1-15(23(28)29)32-22-20(26-16(2)27)25(30-13-17-9-5-3-6-10-17)33-19-14-31-24(34-21(19)22)18-11-7-4-8-12-18/h3-12,15,19-22,24-25H,13-14H2,1-2H3,(H,26,27)(H,28,29)/t15-,19+,20+,21+,22+,24-,25-/m0/s1. The van der Waals surface area contributed by atoms with Gasteiger partial charge in [-0.05, 0) is 12.5 Å². The van der Waals surface area contributed by atoms with E-state index in [-0.39, 0.29) is 19.1 Å². The summed E-state index contributed by atoms with van der Waals surface area (Å²) in [4.78, 5) is 23.7. The minimum Gasteiger partial charge on any atom is -0.479 e. The molecule has 9 heteroatoms. The first-order valence-electron chi connectivity index (χ1n) is 11.2. The third-order valence-corrected chi connectivity index (χ3v) is 5.75. The van der Waals surface area contributed by atoms with E-state index in [1.165, 1.54) is 13.8 Å². The summed E-state index contributed by atoms with van der Waals surface area (Å²) < 4.78 is 30.3. The number of hydrogen-bond donors (Lipinski definition) is 2. The minimum atomic E-state index is -1.14. The number of aliphatic carboxylic acids is 1. The van der Waals surface area contributed by atoms with E-state index < -0.39 is 49.0 Å². The van der Waals surface area contributed by atoms with Gasteiger partial charge in [-0.1, -0.05) is 60.7 Å². The van der Waals surface area contributed by atoms with Crippen molar-refractivity contribution in [3.05, 3.63) is 71.8 Å². The van der Waals surface area contributed by atoms with Gasteiger partial charge in [-0.3, -0.25) is 4.79 Å². The Kier molecular flexibility index (Phi) is 7.91. The highest BCUT2D eigenvalue weighted by molar-refractivity contribution is 5.73. The zero-order valence-corrected chi connectivity index (χ0v) is 19.0. The van der Waals surface area contributed by atoms with Crippen LogP contribution in [0.2, 0.25) is 0 Å². The molecule has 182 valence electrons. The highest BCUT2D eigenvalue weighted by Crippen LogP contribution is 2.36. The smallest absolute Gasteiger partial charge is 0.332 e. The maximum absolute atomic E-state index is 12.1. The van der Waals surface area contributed by atoms with Crippen LogP contribution in [-0.2, 0) is 39.9 Å². The fraction of sp³-hybridized carbons (Fsp3) is 0.440. The van der Waals surface area contributed by atoms with E-state index in [0.29, 0.717) is 0 Å². The lowest BCUT2D eigenvalue weighted by Gasteiger charge is -2.49. The van der Waals surface area contributed by atoms with Crippen LogP contribution >= 0.6 is 0 Å². The maximum atomic E-state index is 12.1. The summed E-state index contributed by atoms with van der Waals surface area (Å²) in [6.45, 7) is 3.22. The third kappa shape index (κ3) is 5.81. The van der Waals surface area contributed by atoms with E-state index in [0.717, 1.165) is 11.1 Å². The summed E-state index contributed by atoms with van der Waals surface area (Å²) in [6.07, 6.45) is -4.87. The molecular weight excluding hydrogens is 442 g/mol. The Hall–Kier alpha value is -2.82. The summed E-state index contributed by atoms with van der Waals surface area (Å²) in [5.74, 6) is -1.46. The number of carboxylic acid groups (broad SMARTS) is 1. The van der Waals surface area contributed by atoms with Crippen LogP contribution in [0.25, 0.3) is 0 Å². The van der Waals surface area contributed by atoms with Crippen LogP contribution in [0.1, 0.15) is 31.3 Å². The third-order valence-electron chi connectivity index (χ3n) is 5.75. The number of carbonyl (C=O) groups excluding carboxylic acids is 1. The van der Waals surface area contributed by atoms with Crippen LogP contribution in [-0.4, -0.2) is 60.3 Å². The Balaban J connectivity index is 1.59. The first-order chi connectivity index (χ1) is 16.4. The molecule has 1 amide bonds. The molecule has 2 N–H and O–H groups in total.